The molecule has 0 unspecified atom stereocenters. The zero-order valence-electron chi connectivity index (χ0n) is 31.5. The van der Waals surface area contributed by atoms with E-state index in [-0.39, 0.29) is 29.9 Å². The second-order valence-electron chi connectivity index (χ2n) is 15.0. The molecule has 0 spiro atoms. The number of H-pyrrole nitrogens is 1. The first-order chi connectivity index (χ1) is 25.6. The zero-order valence-corrected chi connectivity index (χ0v) is 31.5. The van der Waals surface area contributed by atoms with Crippen LogP contribution in [0.2, 0.25) is 0 Å². The molecule has 0 radical (unpaired) electrons. The number of carbonyl (C=O) groups is 5. The van der Waals surface area contributed by atoms with Gasteiger partial charge in [0.1, 0.15) is 30.0 Å². The number of hydrogen-bond acceptors (Lipinski definition) is 5. The summed E-state index contributed by atoms with van der Waals surface area (Å²) in [6.45, 7) is 6.17. The van der Waals surface area contributed by atoms with E-state index >= 15 is 0 Å². The molecule has 2 saturated heterocycles. The van der Waals surface area contributed by atoms with Gasteiger partial charge in [0.25, 0.3) is 0 Å². The van der Waals surface area contributed by atoms with Crippen LogP contribution in [0.1, 0.15) is 90.5 Å². The maximum Gasteiger partial charge on any atom is 0.246 e. The van der Waals surface area contributed by atoms with Crippen LogP contribution in [-0.4, -0.2) is 74.6 Å². The molecule has 4 N–H and O–H groups in total. The summed E-state index contributed by atoms with van der Waals surface area (Å²) in [4.78, 5) is 74.2. The molecule has 0 saturated carbocycles. The fourth-order valence-corrected chi connectivity index (χ4v) is 7.93. The minimum atomic E-state index is -1.04. The highest BCUT2D eigenvalue weighted by Gasteiger charge is 2.41. The number of unbranched alkanes of at least 4 members (excludes halogenated alkanes) is 2. The van der Waals surface area contributed by atoms with Crippen LogP contribution >= 0.6 is 0 Å². The van der Waals surface area contributed by atoms with Gasteiger partial charge in [-0.1, -0.05) is 64.3 Å². The van der Waals surface area contributed by atoms with Crippen LogP contribution in [0.15, 0.2) is 54.7 Å². The van der Waals surface area contributed by atoms with Crippen molar-refractivity contribution in [3.8, 4) is 11.3 Å². The normalized spacial score (nSPS) is 22.1. The Kier molecular flexibility index (Phi) is 12.0. The average molecular weight is 723 g/mol. The zero-order chi connectivity index (χ0) is 37.6. The maximum atomic E-state index is 14.5. The van der Waals surface area contributed by atoms with E-state index < -0.39 is 36.0 Å². The van der Waals surface area contributed by atoms with Gasteiger partial charge in [0.15, 0.2) is 0 Å². The molecular weight excluding hydrogens is 668 g/mol. The molecule has 6 rings (SSSR count). The number of aromatic nitrogens is 2. The van der Waals surface area contributed by atoms with E-state index in [0.717, 1.165) is 57.9 Å². The Labute approximate surface area is 311 Å². The number of nitrogens with one attached hydrogen (secondary N) is 4. The summed E-state index contributed by atoms with van der Waals surface area (Å²) >= 11 is 0. The SMILES string of the molecule is CCC(=O)CCCCC[C@@H]1NC(=O)[C@H]2CCCCN2C(=O)[C@H]([C@H](C)CC)NC(=O)[C@H](Cc2c(-c3ccc4c(ccn4C)c3)[nH]c3ccccc23)NC1=O. The summed E-state index contributed by atoms with van der Waals surface area (Å²) in [5.74, 6) is -1.49. The van der Waals surface area contributed by atoms with E-state index in [0.29, 0.717) is 51.5 Å². The lowest BCUT2D eigenvalue weighted by molar-refractivity contribution is -0.147. The number of benzene rings is 2. The summed E-state index contributed by atoms with van der Waals surface area (Å²) < 4.78 is 2.07. The molecule has 2 aromatic heterocycles. The van der Waals surface area contributed by atoms with Gasteiger partial charge in [-0.15, -0.1) is 0 Å². The molecule has 5 atom stereocenters. The Morgan fingerprint density at radius 3 is 2.45 bits per heavy atom. The third kappa shape index (κ3) is 8.34. The fraction of sp³-hybridized carbons (Fsp3) is 0.500. The lowest BCUT2D eigenvalue weighted by Gasteiger charge is -2.39. The summed E-state index contributed by atoms with van der Waals surface area (Å²) in [5.41, 5.74) is 4.67. The molecule has 4 amide bonds. The van der Waals surface area contributed by atoms with Crippen molar-refractivity contribution in [1.29, 1.82) is 0 Å². The number of para-hydroxylation sites is 1. The minimum Gasteiger partial charge on any atom is -0.354 e. The van der Waals surface area contributed by atoms with Crippen molar-refractivity contribution < 1.29 is 24.0 Å². The van der Waals surface area contributed by atoms with Crippen LogP contribution < -0.4 is 16.0 Å². The molecule has 4 heterocycles. The van der Waals surface area contributed by atoms with Crippen LogP contribution in [0.25, 0.3) is 33.1 Å². The molecule has 2 aromatic carbocycles. The first-order valence-electron chi connectivity index (χ1n) is 19.5. The van der Waals surface area contributed by atoms with Gasteiger partial charge in [0, 0.05) is 66.6 Å². The second-order valence-corrected chi connectivity index (χ2v) is 15.0. The van der Waals surface area contributed by atoms with Crippen molar-refractivity contribution in [2.24, 2.45) is 13.0 Å². The van der Waals surface area contributed by atoms with Gasteiger partial charge >= 0.3 is 0 Å². The molecule has 2 fully saturated rings. The number of aromatic amines is 1. The Morgan fingerprint density at radius 2 is 1.66 bits per heavy atom. The van der Waals surface area contributed by atoms with Crippen LogP contribution in [0.3, 0.4) is 0 Å². The predicted octanol–water partition coefficient (Wildman–Crippen LogP) is 5.69. The molecular formula is C42H54N6O5. The number of carbonyl (C=O) groups excluding carboxylic acids is 5. The van der Waals surface area contributed by atoms with E-state index in [1.54, 1.807) is 4.90 Å². The number of aryl methyl sites for hydroxylation is 1. The van der Waals surface area contributed by atoms with E-state index in [1.807, 2.05) is 58.3 Å². The van der Waals surface area contributed by atoms with E-state index in [9.17, 15) is 24.0 Å². The number of ketones is 1. The number of nitrogens with zero attached hydrogens (tertiary/aromatic N) is 2. The standard InChI is InChI=1S/C42H54N6O5/c1-5-26(3)37-42(53)48-22-13-12-18-36(48)41(52)44-33(17-9-7-8-14-29(49)6-2)39(50)45-34(40(51)46-37)25-31-30-15-10-11-16-32(30)43-38(31)28-19-20-35-27(24-28)21-23-47(35)4/h10-11,15-16,19-21,23-24,26,33-34,36-37,43H,5-9,12-14,17-18,22,25H2,1-4H3,(H,44,52)(H,45,50)(H,46,51)/t26-,33+,34+,36-,37+/m1/s1. The third-order valence-corrected chi connectivity index (χ3v) is 11.4. The number of fused-ring (bicyclic) bond motifs is 3. The number of rotatable bonds is 12. The van der Waals surface area contributed by atoms with Crippen LogP contribution in [0, 0.1) is 5.92 Å². The summed E-state index contributed by atoms with van der Waals surface area (Å²) in [6, 6.07) is 12.7. The van der Waals surface area contributed by atoms with Crippen molar-refractivity contribution in [3.05, 3.63) is 60.3 Å². The lowest BCUT2D eigenvalue weighted by Crippen LogP contribution is -2.64. The van der Waals surface area contributed by atoms with E-state index in [4.69, 9.17) is 0 Å². The third-order valence-electron chi connectivity index (χ3n) is 11.4. The highest BCUT2D eigenvalue weighted by Crippen LogP contribution is 2.33. The smallest absolute Gasteiger partial charge is 0.246 e. The quantitative estimate of drug-likeness (QED) is 0.139. The summed E-state index contributed by atoms with van der Waals surface area (Å²) in [5, 5.41) is 11.1. The molecule has 4 aromatic rings. The molecule has 2 aliphatic rings. The lowest BCUT2D eigenvalue weighted by atomic mass is 9.92. The summed E-state index contributed by atoms with van der Waals surface area (Å²) in [7, 11) is 2.01. The van der Waals surface area contributed by atoms with E-state index in [2.05, 4.69) is 49.8 Å². The van der Waals surface area contributed by atoms with Gasteiger partial charge in [-0.05, 0) is 73.4 Å². The van der Waals surface area contributed by atoms with Gasteiger partial charge in [0.2, 0.25) is 23.6 Å². The second kappa shape index (κ2) is 16.8. The van der Waals surface area contributed by atoms with Crippen LogP contribution in [-0.2, 0) is 37.4 Å². The van der Waals surface area contributed by atoms with Crippen LogP contribution in [0.4, 0.5) is 0 Å². The molecule has 2 aliphatic heterocycles. The number of hydrogen-bond donors (Lipinski definition) is 4. The van der Waals surface area contributed by atoms with Crippen molar-refractivity contribution >= 4 is 51.2 Å². The Balaban J connectivity index is 1.37. The van der Waals surface area contributed by atoms with Crippen LogP contribution in [0.5, 0.6) is 0 Å². The monoisotopic (exact) mass is 722 g/mol. The van der Waals surface area contributed by atoms with Gasteiger partial charge in [-0.2, -0.15) is 0 Å². The minimum absolute atomic E-state index is 0.150. The van der Waals surface area contributed by atoms with Crippen molar-refractivity contribution in [1.82, 2.24) is 30.4 Å². The molecule has 53 heavy (non-hydrogen) atoms. The highest BCUT2D eigenvalue weighted by atomic mass is 16.2. The molecule has 11 nitrogen and oxygen atoms in total. The molecule has 0 bridgehead atoms. The Morgan fingerprint density at radius 1 is 0.887 bits per heavy atom. The predicted molar refractivity (Wildman–Crippen MR) is 207 cm³/mol. The number of amides is 4. The van der Waals surface area contributed by atoms with Gasteiger partial charge in [-0.3, -0.25) is 24.0 Å². The van der Waals surface area contributed by atoms with Gasteiger partial charge in [-0.25, -0.2) is 0 Å². The molecule has 0 aliphatic carbocycles. The van der Waals surface area contributed by atoms with E-state index in [1.165, 1.54) is 0 Å². The largest absolute Gasteiger partial charge is 0.354 e. The molecule has 11 heteroatoms. The molecule has 282 valence electrons. The fourth-order valence-electron chi connectivity index (χ4n) is 7.93. The van der Waals surface area contributed by atoms with Gasteiger partial charge < -0.3 is 30.4 Å². The number of Topliss-reactive ketones (excluding diaryl/α,β-unsaturated/α-hetero) is 1. The topological polar surface area (TPSA) is 145 Å². The average Bonchev–Trinajstić information content (AvgIpc) is 3.74. The van der Waals surface area contributed by atoms with Gasteiger partial charge in [0.05, 0.1) is 0 Å². The first-order valence-corrected chi connectivity index (χ1v) is 19.5. The highest BCUT2D eigenvalue weighted by molar-refractivity contribution is 5.99. The first kappa shape index (κ1) is 37.8. The Hall–Kier alpha value is -4.93. The van der Waals surface area contributed by atoms with Crippen molar-refractivity contribution in [2.75, 3.05) is 6.54 Å². The number of piperidine rings is 1. The van der Waals surface area contributed by atoms with Crippen molar-refractivity contribution in [3.63, 3.8) is 0 Å². The Bertz CT molecular complexity index is 1980. The van der Waals surface area contributed by atoms with Crippen molar-refractivity contribution in [2.45, 2.75) is 116 Å². The summed E-state index contributed by atoms with van der Waals surface area (Å²) in [6.07, 6.45) is 8.23. The maximum absolute atomic E-state index is 14.5.